The minimum atomic E-state index is 0.184. The van der Waals surface area contributed by atoms with Crippen molar-refractivity contribution in [1.29, 1.82) is 0 Å². The second kappa shape index (κ2) is 7.37. The standard InChI is InChI=1S/C12H18ClN5O2/c1-19-6-3-4-14-10-9-11(17-12(13)16-10)15-8-18(9)5-7-20-2/h8H,3-7H2,1-2H3,(H,14,16,17). The summed E-state index contributed by atoms with van der Waals surface area (Å²) >= 11 is 5.92. The second-order valence-corrected chi connectivity index (χ2v) is 4.56. The molecule has 0 aromatic carbocycles. The fraction of sp³-hybridized carbons (Fsp3) is 0.583. The van der Waals surface area contributed by atoms with Gasteiger partial charge in [-0.25, -0.2) is 4.98 Å². The van der Waals surface area contributed by atoms with Crippen LogP contribution in [0.2, 0.25) is 5.28 Å². The lowest BCUT2D eigenvalue weighted by molar-refractivity contribution is 0.188. The molecule has 0 saturated heterocycles. The highest BCUT2D eigenvalue weighted by Gasteiger charge is 2.12. The van der Waals surface area contributed by atoms with E-state index in [1.54, 1.807) is 20.5 Å². The highest BCUT2D eigenvalue weighted by molar-refractivity contribution is 6.28. The number of fused-ring (bicyclic) bond motifs is 1. The van der Waals surface area contributed by atoms with Crippen molar-refractivity contribution in [3.63, 3.8) is 0 Å². The predicted molar refractivity (Wildman–Crippen MR) is 77.2 cm³/mol. The lowest BCUT2D eigenvalue weighted by atomic mass is 10.4. The molecular weight excluding hydrogens is 282 g/mol. The molecule has 0 aliphatic carbocycles. The first-order valence-electron chi connectivity index (χ1n) is 6.36. The number of hydrogen-bond donors (Lipinski definition) is 1. The molecule has 0 aliphatic rings. The van der Waals surface area contributed by atoms with Crippen LogP contribution in [0, 0.1) is 0 Å². The molecule has 2 heterocycles. The van der Waals surface area contributed by atoms with Gasteiger partial charge < -0.3 is 19.4 Å². The number of hydrogen-bond acceptors (Lipinski definition) is 6. The van der Waals surface area contributed by atoms with E-state index in [9.17, 15) is 0 Å². The van der Waals surface area contributed by atoms with Crippen molar-refractivity contribution in [1.82, 2.24) is 19.5 Å². The summed E-state index contributed by atoms with van der Waals surface area (Å²) in [5.74, 6) is 0.685. The zero-order valence-corrected chi connectivity index (χ0v) is 12.4. The van der Waals surface area contributed by atoms with Gasteiger partial charge in [0, 0.05) is 33.9 Å². The minimum Gasteiger partial charge on any atom is -0.385 e. The maximum atomic E-state index is 5.92. The Hall–Kier alpha value is -1.44. The molecule has 0 fully saturated rings. The van der Waals surface area contributed by atoms with Gasteiger partial charge in [-0.05, 0) is 18.0 Å². The molecule has 20 heavy (non-hydrogen) atoms. The number of ether oxygens (including phenoxy) is 2. The van der Waals surface area contributed by atoms with E-state index in [2.05, 4.69) is 20.3 Å². The molecule has 0 radical (unpaired) electrons. The van der Waals surface area contributed by atoms with Gasteiger partial charge in [0.05, 0.1) is 12.9 Å². The number of halogens is 1. The molecule has 0 atom stereocenters. The number of nitrogens with zero attached hydrogens (tertiary/aromatic N) is 4. The normalized spacial score (nSPS) is 11.2. The Morgan fingerprint density at radius 1 is 1.25 bits per heavy atom. The average molecular weight is 300 g/mol. The van der Waals surface area contributed by atoms with Gasteiger partial charge in [0.15, 0.2) is 11.5 Å². The van der Waals surface area contributed by atoms with Crippen LogP contribution in [0.3, 0.4) is 0 Å². The quantitative estimate of drug-likeness (QED) is 0.589. The van der Waals surface area contributed by atoms with E-state index < -0.39 is 0 Å². The summed E-state index contributed by atoms with van der Waals surface area (Å²) in [6, 6.07) is 0. The maximum absolute atomic E-state index is 5.92. The van der Waals surface area contributed by atoms with Crippen molar-refractivity contribution in [2.24, 2.45) is 0 Å². The van der Waals surface area contributed by atoms with Crippen molar-refractivity contribution in [2.75, 3.05) is 39.3 Å². The lowest BCUT2D eigenvalue weighted by Gasteiger charge is -2.09. The van der Waals surface area contributed by atoms with Gasteiger partial charge in [-0.3, -0.25) is 0 Å². The van der Waals surface area contributed by atoms with Crippen LogP contribution in [0.15, 0.2) is 6.33 Å². The Balaban J connectivity index is 2.22. The fourth-order valence-corrected chi connectivity index (χ4v) is 2.02. The fourth-order valence-electron chi connectivity index (χ4n) is 1.86. The number of aromatic nitrogens is 4. The molecule has 110 valence electrons. The highest BCUT2D eigenvalue weighted by Crippen LogP contribution is 2.21. The molecule has 0 bridgehead atoms. The van der Waals surface area contributed by atoms with Crippen molar-refractivity contribution in [3.05, 3.63) is 11.6 Å². The Bertz CT molecular complexity index is 560. The van der Waals surface area contributed by atoms with E-state index >= 15 is 0 Å². The molecular formula is C12H18ClN5O2. The van der Waals surface area contributed by atoms with Crippen LogP contribution in [0.4, 0.5) is 5.82 Å². The molecule has 8 heteroatoms. The zero-order chi connectivity index (χ0) is 14.4. The Labute approximate surface area is 122 Å². The first kappa shape index (κ1) is 15.0. The number of nitrogens with one attached hydrogen (secondary N) is 1. The monoisotopic (exact) mass is 299 g/mol. The zero-order valence-electron chi connectivity index (χ0n) is 11.6. The van der Waals surface area contributed by atoms with Gasteiger partial charge in [0.25, 0.3) is 0 Å². The van der Waals surface area contributed by atoms with Crippen molar-refractivity contribution in [2.45, 2.75) is 13.0 Å². The van der Waals surface area contributed by atoms with Crippen LogP contribution < -0.4 is 5.32 Å². The van der Waals surface area contributed by atoms with Crippen molar-refractivity contribution < 1.29 is 9.47 Å². The van der Waals surface area contributed by atoms with Crippen LogP contribution in [0.25, 0.3) is 11.2 Å². The molecule has 0 aliphatic heterocycles. The Kier molecular flexibility index (Phi) is 5.51. The van der Waals surface area contributed by atoms with Crippen LogP contribution >= 0.6 is 11.6 Å². The maximum Gasteiger partial charge on any atom is 0.226 e. The number of methoxy groups -OCH3 is 2. The molecule has 0 saturated carbocycles. The molecule has 0 amide bonds. The van der Waals surface area contributed by atoms with Crippen LogP contribution in [0.5, 0.6) is 0 Å². The summed E-state index contributed by atoms with van der Waals surface area (Å²) in [6.45, 7) is 2.71. The molecule has 0 unspecified atom stereocenters. The number of rotatable bonds is 8. The first-order valence-corrected chi connectivity index (χ1v) is 6.74. The summed E-state index contributed by atoms with van der Waals surface area (Å²) in [7, 11) is 3.34. The number of imidazole rings is 1. The van der Waals surface area contributed by atoms with Crippen molar-refractivity contribution in [3.8, 4) is 0 Å². The van der Waals surface area contributed by atoms with Crippen LogP contribution in [-0.4, -0.2) is 53.5 Å². The number of anilines is 1. The van der Waals surface area contributed by atoms with Gasteiger partial charge in [0.1, 0.15) is 5.52 Å². The Morgan fingerprint density at radius 2 is 2.05 bits per heavy atom. The van der Waals surface area contributed by atoms with Crippen molar-refractivity contribution >= 4 is 28.6 Å². The van der Waals surface area contributed by atoms with Crippen LogP contribution in [0.1, 0.15) is 6.42 Å². The summed E-state index contributed by atoms with van der Waals surface area (Å²) in [5, 5.41) is 3.43. The van der Waals surface area contributed by atoms with Gasteiger partial charge in [0.2, 0.25) is 5.28 Å². The topological polar surface area (TPSA) is 74.1 Å². The molecule has 2 rings (SSSR count). The van der Waals surface area contributed by atoms with E-state index in [1.165, 1.54) is 0 Å². The third kappa shape index (κ3) is 3.56. The first-order chi connectivity index (χ1) is 9.76. The van der Waals surface area contributed by atoms with Crippen LogP contribution in [-0.2, 0) is 16.0 Å². The summed E-state index contributed by atoms with van der Waals surface area (Å²) < 4.78 is 12.1. The molecule has 2 aromatic rings. The largest absolute Gasteiger partial charge is 0.385 e. The second-order valence-electron chi connectivity index (χ2n) is 4.22. The SMILES string of the molecule is COCCCNc1nc(Cl)nc2ncn(CCOC)c12. The van der Waals surface area contributed by atoms with E-state index in [-0.39, 0.29) is 5.28 Å². The molecule has 7 nitrogen and oxygen atoms in total. The van der Waals surface area contributed by atoms with Gasteiger partial charge in [-0.15, -0.1) is 0 Å². The minimum absolute atomic E-state index is 0.184. The lowest BCUT2D eigenvalue weighted by Crippen LogP contribution is -2.10. The van der Waals surface area contributed by atoms with Gasteiger partial charge in [-0.1, -0.05) is 0 Å². The average Bonchev–Trinajstić information content (AvgIpc) is 2.84. The third-order valence-electron chi connectivity index (χ3n) is 2.80. The Morgan fingerprint density at radius 3 is 2.80 bits per heavy atom. The van der Waals surface area contributed by atoms with E-state index in [4.69, 9.17) is 21.1 Å². The van der Waals surface area contributed by atoms with E-state index in [0.717, 1.165) is 18.5 Å². The van der Waals surface area contributed by atoms with Gasteiger partial charge in [-0.2, -0.15) is 9.97 Å². The van der Waals surface area contributed by atoms with E-state index in [0.29, 0.717) is 31.2 Å². The van der Waals surface area contributed by atoms with E-state index in [1.807, 2.05) is 4.57 Å². The summed E-state index contributed by atoms with van der Waals surface area (Å²) in [4.78, 5) is 12.6. The molecule has 0 spiro atoms. The third-order valence-corrected chi connectivity index (χ3v) is 2.97. The molecule has 1 N–H and O–H groups in total. The smallest absolute Gasteiger partial charge is 0.226 e. The molecule has 2 aromatic heterocycles. The predicted octanol–water partition coefficient (Wildman–Crippen LogP) is 1.57. The summed E-state index contributed by atoms with van der Waals surface area (Å²) in [5.41, 5.74) is 1.42. The summed E-state index contributed by atoms with van der Waals surface area (Å²) in [6.07, 6.45) is 2.60. The van der Waals surface area contributed by atoms with Gasteiger partial charge >= 0.3 is 0 Å². The highest BCUT2D eigenvalue weighted by atomic mass is 35.5.